The number of rotatable bonds is 9. The van der Waals surface area contributed by atoms with Crippen molar-refractivity contribution in [3.8, 4) is 11.5 Å². The van der Waals surface area contributed by atoms with Gasteiger partial charge in [0.2, 0.25) is 15.9 Å². The van der Waals surface area contributed by atoms with E-state index in [-0.39, 0.29) is 29.9 Å². The predicted molar refractivity (Wildman–Crippen MR) is 126 cm³/mol. The predicted octanol–water partition coefficient (Wildman–Crippen LogP) is 3.52. The highest BCUT2D eigenvalue weighted by Crippen LogP contribution is 2.30. The molecule has 1 aliphatic rings. The van der Waals surface area contributed by atoms with Gasteiger partial charge in [0.1, 0.15) is 11.5 Å². The normalized spacial score (nSPS) is 14.8. The van der Waals surface area contributed by atoms with Crippen LogP contribution in [-0.2, 0) is 19.6 Å². The molecule has 1 amide bonds. The van der Waals surface area contributed by atoms with Gasteiger partial charge in [0.15, 0.2) is 0 Å². The zero-order chi connectivity index (χ0) is 24.0. The SMILES string of the molecule is Cc1cc(C)cc(OCCC(=O)Nc2cc(S(=O)(=O)N3CCOCC3)ccc2OC(C)C)c1. The van der Waals surface area contributed by atoms with Crippen LogP contribution in [0.15, 0.2) is 41.3 Å². The van der Waals surface area contributed by atoms with Gasteiger partial charge in [-0.15, -0.1) is 0 Å². The van der Waals surface area contributed by atoms with Gasteiger partial charge in [0.05, 0.1) is 42.9 Å². The van der Waals surface area contributed by atoms with Crippen molar-refractivity contribution in [1.82, 2.24) is 4.31 Å². The zero-order valence-corrected chi connectivity index (χ0v) is 20.4. The molecule has 0 aliphatic carbocycles. The molecule has 0 spiro atoms. The molecule has 0 bridgehead atoms. The lowest BCUT2D eigenvalue weighted by molar-refractivity contribution is -0.116. The number of nitrogens with zero attached hydrogens (tertiary/aromatic N) is 1. The van der Waals surface area contributed by atoms with Gasteiger partial charge in [0, 0.05) is 13.1 Å². The number of morpholine rings is 1. The highest BCUT2D eigenvalue weighted by atomic mass is 32.2. The van der Waals surface area contributed by atoms with Gasteiger partial charge in [0.25, 0.3) is 0 Å². The van der Waals surface area contributed by atoms with Crippen molar-refractivity contribution in [2.45, 2.75) is 45.1 Å². The van der Waals surface area contributed by atoms with E-state index in [9.17, 15) is 13.2 Å². The Morgan fingerprint density at radius 1 is 1.09 bits per heavy atom. The summed E-state index contributed by atoms with van der Waals surface area (Å²) in [5, 5.41) is 2.79. The topological polar surface area (TPSA) is 94.2 Å². The first-order chi connectivity index (χ1) is 15.6. The second kappa shape index (κ2) is 11.0. The zero-order valence-electron chi connectivity index (χ0n) is 19.6. The minimum atomic E-state index is -3.70. The van der Waals surface area contributed by atoms with Gasteiger partial charge in [-0.2, -0.15) is 4.31 Å². The second-order valence-corrected chi connectivity index (χ2v) is 10.2. The molecule has 2 aromatic carbocycles. The summed E-state index contributed by atoms with van der Waals surface area (Å²) in [7, 11) is -3.70. The molecule has 8 nitrogen and oxygen atoms in total. The number of ether oxygens (including phenoxy) is 3. The third-order valence-electron chi connectivity index (χ3n) is 4.99. The molecule has 1 fully saturated rings. The maximum atomic E-state index is 13.0. The molecule has 1 aliphatic heterocycles. The Kier molecular flexibility index (Phi) is 8.34. The Morgan fingerprint density at radius 3 is 2.39 bits per heavy atom. The summed E-state index contributed by atoms with van der Waals surface area (Å²) >= 11 is 0. The van der Waals surface area contributed by atoms with Crippen molar-refractivity contribution in [1.29, 1.82) is 0 Å². The fraction of sp³-hybridized carbons (Fsp3) is 0.458. The summed E-state index contributed by atoms with van der Waals surface area (Å²) in [6.45, 7) is 9.20. The van der Waals surface area contributed by atoms with Crippen molar-refractivity contribution >= 4 is 21.6 Å². The van der Waals surface area contributed by atoms with Crippen molar-refractivity contribution in [2.24, 2.45) is 0 Å². The maximum Gasteiger partial charge on any atom is 0.243 e. The van der Waals surface area contributed by atoms with Gasteiger partial charge in [-0.05, 0) is 69.2 Å². The van der Waals surface area contributed by atoms with Crippen LogP contribution in [0.25, 0.3) is 0 Å². The average molecular weight is 477 g/mol. The summed E-state index contributed by atoms with van der Waals surface area (Å²) in [6.07, 6.45) is -0.0376. The summed E-state index contributed by atoms with van der Waals surface area (Å²) in [4.78, 5) is 12.7. The number of aryl methyl sites for hydroxylation is 2. The first-order valence-corrected chi connectivity index (χ1v) is 12.5. The van der Waals surface area contributed by atoms with Gasteiger partial charge in [-0.3, -0.25) is 4.79 Å². The van der Waals surface area contributed by atoms with Gasteiger partial charge >= 0.3 is 0 Å². The number of amides is 1. The van der Waals surface area contributed by atoms with E-state index in [1.54, 1.807) is 6.07 Å². The van der Waals surface area contributed by atoms with E-state index in [0.717, 1.165) is 11.1 Å². The molecule has 0 atom stereocenters. The Labute approximate surface area is 195 Å². The highest BCUT2D eigenvalue weighted by molar-refractivity contribution is 7.89. The Morgan fingerprint density at radius 2 is 1.76 bits per heavy atom. The lowest BCUT2D eigenvalue weighted by Gasteiger charge is -2.26. The monoisotopic (exact) mass is 476 g/mol. The van der Waals surface area contributed by atoms with E-state index in [4.69, 9.17) is 14.2 Å². The van der Waals surface area contributed by atoms with E-state index >= 15 is 0 Å². The number of carbonyl (C=O) groups excluding carboxylic acids is 1. The maximum absolute atomic E-state index is 13.0. The van der Waals surface area contributed by atoms with Crippen LogP contribution < -0.4 is 14.8 Å². The summed E-state index contributed by atoms with van der Waals surface area (Å²) in [5.41, 5.74) is 2.49. The summed E-state index contributed by atoms with van der Waals surface area (Å²) in [6, 6.07) is 10.4. The molecule has 33 heavy (non-hydrogen) atoms. The number of hydrogen-bond donors (Lipinski definition) is 1. The summed E-state index contributed by atoms with van der Waals surface area (Å²) in [5.74, 6) is 0.825. The lowest BCUT2D eigenvalue weighted by atomic mass is 10.1. The molecule has 1 saturated heterocycles. The first-order valence-electron chi connectivity index (χ1n) is 11.0. The largest absolute Gasteiger partial charge is 0.493 e. The van der Waals surface area contributed by atoms with Crippen LogP contribution in [0.1, 0.15) is 31.4 Å². The molecule has 0 radical (unpaired) electrons. The van der Waals surface area contributed by atoms with Crippen molar-refractivity contribution in [2.75, 3.05) is 38.2 Å². The number of carbonyl (C=O) groups is 1. The van der Waals surface area contributed by atoms with Crippen LogP contribution in [0.3, 0.4) is 0 Å². The molecule has 180 valence electrons. The van der Waals surface area contributed by atoms with Crippen LogP contribution in [0.4, 0.5) is 5.69 Å². The number of benzene rings is 2. The fourth-order valence-corrected chi connectivity index (χ4v) is 4.99. The van der Waals surface area contributed by atoms with Gasteiger partial charge < -0.3 is 19.5 Å². The van der Waals surface area contributed by atoms with Crippen LogP contribution in [0.5, 0.6) is 11.5 Å². The number of sulfonamides is 1. The molecular formula is C24H32N2O6S. The number of hydrogen-bond acceptors (Lipinski definition) is 6. The van der Waals surface area contributed by atoms with E-state index in [1.807, 2.05) is 45.9 Å². The molecule has 9 heteroatoms. The van der Waals surface area contributed by atoms with Crippen molar-refractivity contribution in [3.05, 3.63) is 47.5 Å². The molecule has 0 saturated carbocycles. The minimum Gasteiger partial charge on any atom is -0.493 e. The molecule has 0 aromatic heterocycles. The average Bonchev–Trinajstić information content (AvgIpc) is 2.74. The molecule has 2 aromatic rings. The van der Waals surface area contributed by atoms with E-state index in [2.05, 4.69) is 5.32 Å². The molecule has 1 heterocycles. The summed E-state index contributed by atoms with van der Waals surface area (Å²) < 4.78 is 44.2. The van der Waals surface area contributed by atoms with Crippen molar-refractivity contribution in [3.63, 3.8) is 0 Å². The third-order valence-corrected chi connectivity index (χ3v) is 6.88. The Bertz CT molecular complexity index is 1060. The van der Waals surface area contributed by atoms with Gasteiger partial charge in [-0.1, -0.05) is 6.07 Å². The Balaban J connectivity index is 1.72. The second-order valence-electron chi connectivity index (χ2n) is 8.31. The van der Waals surface area contributed by atoms with Crippen LogP contribution in [0, 0.1) is 13.8 Å². The molecule has 3 rings (SSSR count). The quantitative estimate of drug-likeness (QED) is 0.595. The Hall–Kier alpha value is -2.62. The first kappa shape index (κ1) is 25.0. The molecule has 1 N–H and O–H groups in total. The van der Waals surface area contributed by atoms with E-state index in [1.165, 1.54) is 16.4 Å². The standard InChI is InChI=1S/C24H32N2O6S/c1-17(2)32-23-6-5-21(33(28,29)26-8-11-30-12-9-26)16-22(23)25-24(27)7-10-31-20-14-18(3)13-19(4)15-20/h5-6,13-17H,7-12H2,1-4H3,(H,25,27). The van der Waals surface area contributed by atoms with E-state index < -0.39 is 10.0 Å². The van der Waals surface area contributed by atoms with Crippen LogP contribution in [-0.4, -0.2) is 57.6 Å². The molecule has 0 unspecified atom stereocenters. The number of nitrogens with one attached hydrogen (secondary N) is 1. The van der Waals surface area contributed by atoms with Gasteiger partial charge in [-0.25, -0.2) is 8.42 Å². The van der Waals surface area contributed by atoms with Crippen LogP contribution >= 0.6 is 0 Å². The minimum absolute atomic E-state index is 0.0993. The fourth-order valence-electron chi connectivity index (χ4n) is 3.55. The number of anilines is 1. The molecular weight excluding hydrogens is 444 g/mol. The van der Waals surface area contributed by atoms with Crippen LogP contribution in [0.2, 0.25) is 0 Å². The van der Waals surface area contributed by atoms with E-state index in [0.29, 0.717) is 43.5 Å². The highest BCUT2D eigenvalue weighted by Gasteiger charge is 2.27. The lowest BCUT2D eigenvalue weighted by Crippen LogP contribution is -2.40. The van der Waals surface area contributed by atoms with Crippen molar-refractivity contribution < 1.29 is 27.4 Å². The third kappa shape index (κ3) is 6.93. The smallest absolute Gasteiger partial charge is 0.243 e.